The topological polar surface area (TPSA) is 62.3 Å². The number of carbonyl (C=O) groups is 1. The Labute approximate surface area is 94.0 Å². The summed E-state index contributed by atoms with van der Waals surface area (Å²) in [7, 11) is 1.30. The minimum atomic E-state index is -0.476. The Morgan fingerprint density at radius 1 is 1.53 bits per heavy atom. The van der Waals surface area contributed by atoms with Gasteiger partial charge in [-0.3, -0.25) is 0 Å². The second-order valence-corrected chi connectivity index (χ2v) is 3.96. The molecule has 1 aromatic heterocycles. The van der Waals surface area contributed by atoms with Crippen LogP contribution in [-0.2, 0) is 4.74 Å². The van der Waals surface area contributed by atoms with Gasteiger partial charge in [-0.2, -0.15) is 0 Å². The summed E-state index contributed by atoms with van der Waals surface area (Å²) in [5.74, 6) is -0.436. The Bertz CT molecular complexity index is 533. The average Bonchev–Trinajstić information content (AvgIpc) is 2.58. The van der Waals surface area contributed by atoms with Crippen molar-refractivity contribution < 1.29 is 14.6 Å². The first-order valence-electron chi connectivity index (χ1n) is 4.21. The van der Waals surface area contributed by atoms with Gasteiger partial charge in [0.15, 0.2) is 0 Å². The minimum Gasteiger partial charge on any atom is -0.506 e. The summed E-state index contributed by atoms with van der Waals surface area (Å²) >= 11 is 3.28. The van der Waals surface area contributed by atoms with Crippen LogP contribution in [0.25, 0.3) is 10.9 Å². The molecule has 0 atom stereocenters. The van der Waals surface area contributed by atoms with E-state index in [0.29, 0.717) is 16.5 Å². The molecular weight excluding hydrogens is 262 g/mol. The summed E-state index contributed by atoms with van der Waals surface area (Å²) in [5, 5.41) is 10.0. The van der Waals surface area contributed by atoms with E-state index in [1.165, 1.54) is 13.3 Å². The van der Waals surface area contributed by atoms with Crippen molar-refractivity contribution in [1.82, 2.24) is 4.98 Å². The van der Waals surface area contributed by atoms with Crippen molar-refractivity contribution in [2.75, 3.05) is 7.11 Å². The Kier molecular flexibility index (Phi) is 2.40. The third-order valence-electron chi connectivity index (χ3n) is 2.13. The number of aromatic hydroxyl groups is 1. The molecule has 0 aliphatic rings. The normalized spacial score (nSPS) is 10.5. The fourth-order valence-corrected chi connectivity index (χ4v) is 1.94. The largest absolute Gasteiger partial charge is 0.506 e. The number of esters is 1. The van der Waals surface area contributed by atoms with E-state index < -0.39 is 5.97 Å². The molecule has 0 saturated heterocycles. The van der Waals surface area contributed by atoms with E-state index >= 15 is 0 Å². The zero-order chi connectivity index (χ0) is 11.0. The van der Waals surface area contributed by atoms with Crippen LogP contribution in [0.5, 0.6) is 5.75 Å². The summed E-state index contributed by atoms with van der Waals surface area (Å²) in [6.07, 6.45) is 1.43. The number of halogens is 1. The average molecular weight is 270 g/mol. The number of aromatic amines is 1. The minimum absolute atomic E-state index is 0.0397. The van der Waals surface area contributed by atoms with Crippen LogP contribution in [0.1, 0.15) is 10.4 Å². The van der Waals surface area contributed by atoms with Gasteiger partial charge in [0.1, 0.15) is 5.75 Å². The van der Waals surface area contributed by atoms with Crippen LogP contribution in [0.3, 0.4) is 0 Å². The highest BCUT2D eigenvalue weighted by Gasteiger charge is 2.15. The number of H-pyrrole nitrogens is 1. The maximum Gasteiger partial charge on any atom is 0.338 e. The van der Waals surface area contributed by atoms with Crippen LogP contribution in [0.4, 0.5) is 0 Å². The van der Waals surface area contributed by atoms with Gasteiger partial charge in [0.2, 0.25) is 0 Å². The molecule has 2 aromatic rings. The molecule has 4 nitrogen and oxygen atoms in total. The number of hydrogen-bond acceptors (Lipinski definition) is 3. The summed E-state index contributed by atoms with van der Waals surface area (Å²) in [4.78, 5) is 14.3. The predicted octanol–water partition coefficient (Wildman–Crippen LogP) is 2.42. The van der Waals surface area contributed by atoms with Crippen LogP contribution in [0.2, 0.25) is 0 Å². The first-order chi connectivity index (χ1) is 7.13. The van der Waals surface area contributed by atoms with E-state index in [2.05, 4.69) is 25.7 Å². The molecule has 0 bridgehead atoms. The lowest BCUT2D eigenvalue weighted by Gasteiger charge is -2.02. The van der Waals surface area contributed by atoms with Crippen LogP contribution >= 0.6 is 15.9 Å². The number of hydrogen-bond donors (Lipinski definition) is 2. The van der Waals surface area contributed by atoms with Crippen LogP contribution in [0.15, 0.2) is 22.8 Å². The lowest BCUT2D eigenvalue weighted by molar-refractivity contribution is 0.0602. The van der Waals surface area contributed by atoms with Crippen molar-refractivity contribution >= 4 is 32.8 Å². The molecule has 2 N–H and O–H groups in total. The molecule has 5 heteroatoms. The quantitative estimate of drug-likeness (QED) is 0.782. The molecule has 0 aliphatic heterocycles. The van der Waals surface area contributed by atoms with Gasteiger partial charge < -0.3 is 14.8 Å². The molecule has 0 fully saturated rings. The number of fused-ring (bicyclic) bond motifs is 1. The van der Waals surface area contributed by atoms with Crippen LogP contribution in [-0.4, -0.2) is 23.2 Å². The first-order valence-corrected chi connectivity index (χ1v) is 5.00. The molecule has 0 radical (unpaired) electrons. The summed E-state index contributed by atoms with van der Waals surface area (Å²) in [6, 6.07) is 3.39. The van der Waals surface area contributed by atoms with Crippen molar-refractivity contribution in [3.05, 3.63) is 28.4 Å². The van der Waals surface area contributed by atoms with Crippen LogP contribution in [0, 0.1) is 0 Å². The van der Waals surface area contributed by atoms with Crippen molar-refractivity contribution in [2.45, 2.75) is 0 Å². The number of rotatable bonds is 1. The second kappa shape index (κ2) is 3.58. The summed E-state index contributed by atoms with van der Waals surface area (Å²) in [5.41, 5.74) is 1.02. The van der Waals surface area contributed by atoms with E-state index in [0.717, 1.165) is 4.47 Å². The van der Waals surface area contributed by atoms with Gasteiger partial charge in [-0.25, -0.2) is 4.79 Å². The summed E-state index contributed by atoms with van der Waals surface area (Å²) in [6.45, 7) is 0. The van der Waals surface area contributed by atoms with E-state index in [-0.39, 0.29) is 5.75 Å². The molecular formula is C10H8BrNO3. The lowest BCUT2D eigenvalue weighted by Crippen LogP contribution is -2.01. The SMILES string of the molecule is COC(=O)c1cc(Br)cc2[nH]cc(O)c12. The van der Waals surface area contributed by atoms with E-state index in [1.807, 2.05) is 0 Å². The Hall–Kier alpha value is -1.49. The summed E-state index contributed by atoms with van der Waals surface area (Å²) < 4.78 is 5.39. The van der Waals surface area contributed by atoms with E-state index in [9.17, 15) is 9.90 Å². The van der Waals surface area contributed by atoms with Crippen molar-refractivity contribution in [3.63, 3.8) is 0 Å². The van der Waals surface area contributed by atoms with Crippen molar-refractivity contribution in [2.24, 2.45) is 0 Å². The second-order valence-electron chi connectivity index (χ2n) is 3.04. The lowest BCUT2D eigenvalue weighted by atomic mass is 10.1. The molecule has 15 heavy (non-hydrogen) atoms. The number of ether oxygens (including phenoxy) is 1. The molecule has 1 aromatic carbocycles. The fraction of sp³-hybridized carbons (Fsp3) is 0.100. The highest BCUT2D eigenvalue weighted by atomic mass is 79.9. The van der Waals surface area contributed by atoms with Gasteiger partial charge in [0, 0.05) is 10.7 Å². The van der Waals surface area contributed by atoms with Crippen LogP contribution < -0.4 is 0 Å². The van der Waals surface area contributed by atoms with Gasteiger partial charge >= 0.3 is 5.97 Å². The monoisotopic (exact) mass is 269 g/mol. The molecule has 0 unspecified atom stereocenters. The Morgan fingerprint density at radius 3 is 2.93 bits per heavy atom. The number of carbonyl (C=O) groups excluding carboxylic acids is 1. The predicted molar refractivity (Wildman–Crippen MR) is 59.0 cm³/mol. The maximum atomic E-state index is 11.5. The zero-order valence-electron chi connectivity index (χ0n) is 7.87. The zero-order valence-corrected chi connectivity index (χ0v) is 9.46. The van der Waals surface area contributed by atoms with Gasteiger partial charge in [-0.05, 0) is 12.1 Å². The van der Waals surface area contributed by atoms with Crippen molar-refractivity contribution in [3.8, 4) is 5.75 Å². The Balaban J connectivity index is 2.80. The highest BCUT2D eigenvalue weighted by molar-refractivity contribution is 9.10. The van der Waals surface area contributed by atoms with Gasteiger partial charge in [-0.15, -0.1) is 0 Å². The molecule has 2 rings (SSSR count). The standard InChI is InChI=1S/C10H8BrNO3/c1-15-10(14)6-2-5(11)3-7-9(6)8(13)4-12-7/h2-4,12-13H,1H3. The van der Waals surface area contributed by atoms with E-state index in [1.54, 1.807) is 12.1 Å². The van der Waals surface area contributed by atoms with E-state index in [4.69, 9.17) is 0 Å². The van der Waals surface area contributed by atoms with Crippen molar-refractivity contribution in [1.29, 1.82) is 0 Å². The van der Waals surface area contributed by atoms with Gasteiger partial charge in [-0.1, -0.05) is 15.9 Å². The fourth-order valence-electron chi connectivity index (χ4n) is 1.49. The maximum absolute atomic E-state index is 11.5. The van der Waals surface area contributed by atoms with Gasteiger partial charge in [0.25, 0.3) is 0 Å². The Morgan fingerprint density at radius 2 is 2.27 bits per heavy atom. The number of methoxy groups -OCH3 is 1. The number of aromatic nitrogens is 1. The molecule has 0 aliphatic carbocycles. The first kappa shape index (κ1) is 10.0. The number of benzene rings is 1. The molecule has 0 saturated carbocycles. The molecule has 0 amide bonds. The smallest absolute Gasteiger partial charge is 0.338 e. The third-order valence-corrected chi connectivity index (χ3v) is 2.59. The van der Waals surface area contributed by atoms with Gasteiger partial charge in [0.05, 0.1) is 23.6 Å². The highest BCUT2D eigenvalue weighted by Crippen LogP contribution is 2.31. The number of nitrogens with one attached hydrogen (secondary N) is 1. The molecule has 0 spiro atoms. The third kappa shape index (κ3) is 1.59. The molecule has 1 heterocycles. The molecule has 78 valence electrons.